The van der Waals surface area contributed by atoms with E-state index in [-0.39, 0.29) is 41.6 Å². The van der Waals surface area contributed by atoms with Gasteiger partial charge in [-0.1, -0.05) is 0 Å². The van der Waals surface area contributed by atoms with Crippen molar-refractivity contribution in [2.75, 3.05) is 11.9 Å². The number of aromatic amines is 1. The Labute approximate surface area is 198 Å². The highest BCUT2D eigenvalue weighted by Crippen LogP contribution is 2.57. The molecule has 4 saturated carbocycles. The van der Waals surface area contributed by atoms with Gasteiger partial charge < -0.3 is 20.1 Å². The normalized spacial score (nSPS) is 27.1. The van der Waals surface area contributed by atoms with Crippen LogP contribution in [0.15, 0.2) is 12.1 Å². The lowest BCUT2D eigenvalue weighted by Crippen LogP contribution is -2.68. The van der Waals surface area contributed by atoms with Gasteiger partial charge in [-0.15, -0.1) is 0 Å². The minimum absolute atomic E-state index is 0.0129. The highest BCUT2D eigenvalue weighted by atomic mass is 19.4. The summed E-state index contributed by atoms with van der Waals surface area (Å²) >= 11 is 0. The summed E-state index contributed by atoms with van der Waals surface area (Å²) in [5.41, 5.74) is 1.18. The van der Waals surface area contributed by atoms with Crippen molar-refractivity contribution < 1.29 is 32.2 Å². The Bertz CT molecular complexity index is 1100. The van der Waals surface area contributed by atoms with E-state index in [1.807, 2.05) is 0 Å². The van der Waals surface area contributed by atoms with Gasteiger partial charge in [0.2, 0.25) is 0 Å². The van der Waals surface area contributed by atoms with E-state index in [4.69, 9.17) is 4.74 Å². The molecule has 3 N–H and O–H groups in total. The fraction of sp³-hybridized carbons (Fsp3) is 0.636. The molecule has 13 heteroatoms. The summed E-state index contributed by atoms with van der Waals surface area (Å²) in [5, 5.41) is 16.8. The molecule has 0 spiro atoms. The topological polar surface area (TPSA) is 123 Å². The second-order valence-electron chi connectivity index (χ2n) is 9.84. The Kier molecular flexibility index (Phi) is 5.98. The first-order chi connectivity index (χ1) is 16.6. The van der Waals surface area contributed by atoms with Gasteiger partial charge in [0.15, 0.2) is 5.82 Å². The molecule has 0 aromatic carbocycles. The van der Waals surface area contributed by atoms with E-state index >= 15 is 0 Å². The van der Waals surface area contributed by atoms with E-state index in [2.05, 4.69) is 30.7 Å². The molecule has 2 aromatic rings. The Morgan fingerprint density at radius 3 is 2.71 bits per heavy atom. The minimum atomic E-state index is -4.43. The summed E-state index contributed by atoms with van der Waals surface area (Å²) in [7, 11) is 1.51. The molecule has 6 rings (SSSR count). The average Bonchev–Trinajstić information content (AvgIpc) is 3.43. The number of hydrogen-bond donors (Lipinski definition) is 3. The molecule has 2 amide bonds. The third-order valence-corrected chi connectivity index (χ3v) is 7.02. The number of nitrogens with zero attached hydrogens (tertiary/aromatic N) is 3. The third kappa shape index (κ3) is 5.29. The maximum atomic E-state index is 12.6. The number of halogens is 3. The number of H-pyrrole nitrogens is 1. The number of carbonyl (C=O) groups is 2. The van der Waals surface area contributed by atoms with E-state index in [0.29, 0.717) is 12.2 Å². The molecule has 4 fully saturated rings. The predicted molar refractivity (Wildman–Crippen MR) is 116 cm³/mol. The van der Waals surface area contributed by atoms with Crippen LogP contribution in [0.1, 0.15) is 66.3 Å². The van der Waals surface area contributed by atoms with Crippen molar-refractivity contribution in [3.63, 3.8) is 0 Å². The lowest BCUT2D eigenvalue weighted by molar-refractivity contribution is -0.176. The monoisotopic (exact) mass is 496 g/mol. The molecule has 2 atom stereocenters. The number of aromatic nitrogens is 4. The van der Waals surface area contributed by atoms with Crippen LogP contribution in [0, 0.1) is 5.92 Å². The number of amides is 2. The number of alkyl carbamates (subject to hydrolysis) is 1. The van der Waals surface area contributed by atoms with Gasteiger partial charge in [0.1, 0.15) is 18.4 Å². The number of hydrogen-bond acceptors (Lipinski definition) is 6. The molecular weight excluding hydrogens is 469 g/mol. The number of alkyl halides is 3. The molecule has 190 valence electrons. The number of aryl methyl sites for hydroxylation is 1. The van der Waals surface area contributed by atoms with Crippen molar-refractivity contribution in [2.45, 2.75) is 68.9 Å². The Hall–Kier alpha value is -3.09. The second kappa shape index (κ2) is 8.85. The Balaban J connectivity index is 1.10. The Morgan fingerprint density at radius 2 is 2.03 bits per heavy atom. The van der Waals surface area contributed by atoms with Crippen LogP contribution in [0.2, 0.25) is 0 Å². The number of rotatable bonds is 8. The summed E-state index contributed by atoms with van der Waals surface area (Å²) < 4.78 is 48.2. The number of nitrogens with one attached hydrogen (secondary N) is 3. The first kappa shape index (κ1) is 23.6. The van der Waals surface area contributed by atoms with Crippen LogP contribution in [-0.2, 0) is 23.1 Å². The van der Waals surface area contributed by atoms with Crippen molar-refractivity contribution in [1.82, 2.24) is 25.3 Å². The van der Waals surface area contributed by atoms with Crippen LogP contribution in [0.5, 0.6) is 0 Å². The summed E-state index contributed by atoms with van der Waals surface area (Å²) in [6.07, 6.45) is 0.485. The van der Waals surface area contributed by atoms with Gasteiger partial charge in [-0.2, -0.15) is 23.4 Å². The maximum Gasteiger partial charge on any atom is 0.411 e. The lowest BCUT2D eigenvalue weighted by Gasteiger charge is -2.61. The molecule has 2 unspecified atom stereocenters. The van der Waals surface area contributed by atoms with E-state index in [0.717, 1.165) is 43.7 Å². The lowest BCUT2D eigenvalue weighted by atomic mass is 9.50. The fourth-order valence-corrected chi connectivity index (χ4v) is 5.23. The Morgan fingerprint density at radius 1 is 1.26 bits per heavy atom. The van der Waals surface area contributed by atoms with Crippen LogP contribution < -0.4 is 10.6 Å². The van der Waals surface area contributed by atoms with Crippen molar-refractivity contribution in [1.29, 1.82) is 0 Å². The van der Waals surface area contributed by atoms with Crippen LogP contribution in [-0.4, -0.2) is 56.4 Å². The molecule has 2 heterocycles. The number of carbonyl (C=O) groups excluding carboxylic acids is 2. The van der Waals surface area contributed by atoms with Crippen molar-refractivity contribution in [2.24, 2.45) is 13.0 Å². The molecule has 2 aromatic heterocycles. The van der Waals surface area contributed by atoms with Gasteiger partial charge >= 0.3 is 12.3 Å². The molecule has 35 heavy (non-hydrogen) atoms. The first-order valence-corrected chi connectivity index (χ1v) is 11.6. The highest BCUT2D eigenvalue weighted by molar-refractivity contribution is 6.02. The average molecular weight is 496 g/mol. The molecule has 0 radical (unpaired) electrons. The third-order valence-electron chi connectivity index (χ3n) is 7.02. The zero-order valence-corrected chi connectivity index (χ0v) is 19.2. The quantitative estimate of drug-likeness (QED) is 0.515. The van der Waals surface area contributed by atoms with Crippen molar-refractivity contribution >= 4 is 17.8 Å². The standard InChI is InChI=1S/C22H27F3N6O4/c1-31-17(5-14(30-31)10-34-11-22(23,24)25)19(32)26-18-6-16(28-29-18)13-2-3-15(4-13)35-20(33)27-21-7-12(8-21)9-21/h5-6,12-13,15H,2-4,7-11H2,1H3,(H,27,33)(H2,26,28,29,32). The van der Waals surface area contributed by atoms with Gasteiger partial charge in [0, 0.05) is 30.3 Å². The number of anilines is 1. The molecule has 0 aliphatic heterocycles. The highest BCUT2D eigenvalue weighted by Gasteiger charge is 2.57. The summed E-state index contributed by atoms with van der Waals surface area (Å²) in [4.78, 5) is 24.8. The summed E-state index contributed by atoms with van der Waals surface area (Å²) in [5.74, 6) is 0.707. The van der Waals surface area contributed by atoms with Gasteiger partial charge in [-0.05, 0) is 50.5 Å². The van der Waals surface area contributed by atoms with Gasteiger partial charge in [-0.3, -0.25) is 14.6 Å². The predicted octanol–water partition coefficient (Wildman–Crippen LogP) is 3.39. The zero-order valence-electron chi connectivity index (χ0n) is 19.2. The second-order valence-corrected chi connectivity index (χ2v) is 9.84. The number of ether oxygens (including phenoxy) is 2. The molecule has 4 aliphatic rings. The van der Waals surface area contributed by atoms with E-state index < -0.39 is 18.7 Å². The van der Waals surface area contributed by atoms with Gasteiger partial charge in [-0.25, -0.2) is 4.79 Å². The fourth-order valence-electron chi connectivity index (χ4n) is 5.23. The van der Waals surface area contributed by atoms with Crippen LogP contribution in [0.25, 0.3) is 0 Å². The largest absolute Gasteiger partial charge is 0.446 e. The van der Waals surface area contributed by atoms with Crippen molar-refractivity contribution in [3.8, 4) is 0 Å². The molecule has 4 aliphatic carbocycles. The molecule has 2 bridgehead atoms. The summed E-state index contributed by atoms with van der Waals surface area (Å²) in [6, 6.07) is 3.10. The van der Waals surface area contributed by atoms with Crippen molar-refractivity contribution in [3.05, 3.63) is 29.2 Å². The first-order valence-electron chi connectivity index (χ1n) is 11.6. The smallest absolute Gasteiger partial charge is 0.411 e. The van der Waals surface area contributed by atoms with Crippen LogP contribution in [0.3, 0.4) is 0 Å². The van der Waals surface area contributed by atoms with Crippen LogP contribution >= 0.6 is 0 Å². The zero-order chi connectivity index (χ0) is 24.8. The maximum absolute atomic E-state index is 12.6. The molecular formula is C22H27F3N6O4. The van der Waals surface area contributed by atoms with Gasteiger partial charge in [0.25, 0.3) is 5.91 Å². The molecule has 0 saturated heterocycles. The van der Waals surface area contributed by atoms with Crippen LogP contribution in [0.4, 0.5) is 23.8 Å². The van der Waals surface area contributed by atoms with E-state index in [9.17, 15) is 22.8 Å². The van der Waals surface area contributed by atoms with E-state index in [1.54, 1.807) is 6.07 Å². The van der Waals surface area contributed by atoms with Gasteiger partial charge in [0.05, 0.1) is 12.3 Å². The molecule has 10 nitrogen and oxygen atoms in total. The SMILES string of the molecule is Cn1nc(COCC(F)(F)F)cc1C(=O)Nc1cc(C2CCC(OC(=O)NC34CC(C3)C4)C2)[nH]n1. The van der Waals surface area contributed by atoms with E-state index in [1.165, 1.54) is 17.8 Å². The summed E-state index contributed by atoms with van der Waals surface area (Å²) in [6.45, 7) is -1.75. The minimum Gasteiger partial charge on any atom is -0.446 e.